The number of hydrogen-bond acceptors (Lipinski definition) is 2. The third-order valence-corrected chi connectivity index (χ3v) is 3.13. The number of benzene rings is 1. The van der Waals surface area contributed by atoms with Crippen LogP contribution in [-0.2, 0) is 0 Å². The molecule has 1 aromatic carbocycles. The molecule has 1 aromatic heterocycles. The van der Waals surface area contributed by atoms with E-state index in [4.69, 9.17) is 17.3 Å². The van der Waals surface area contributed by atoms with Crippen LogP contribution < -0.4 is 5.73 Å². The van der Waals surface area contributed by atoms with Crippen molar-refractivity contribution in [1.82, 2.24) is 4.98 Å². The Hall–Kier alpha value is -0.830. The molecule has 2 aromatic rings. The smallest absolute Gasteiger partial charge is 0.134 e. The summed E-state index contributed by atoms with van der Waals surface area (Å²) >= 11 is 6.19. The van der Waals surface area contributed by atoms with Gasteiger partial charge in [-0.2, -0.15) is 0 Å². The van der Waals surface area contributed by atoms with Crippen LogP contribution in [0.2, 0.25) is 5.15 Å². The Labute approximate surface area is 119 Å². The number of nitrogens with two attached hydrogens (primary N) is 1. The van der Waals surface area contributed by atoms with E-state index in [9.17, 15) is 0 Å². The van der Waals surface area contributed by atoms with Crippen LogP contribution in [0.25, 0.3) is 10.9 Å². The average molecular weight is 285 g/mol. The van der Waals surface area contributed by atoms with Crippen molar-refractivity contribution >= 4 is 34.9 Å². The van der Waals surface area contributed by atoms with Gasteiger partial charge in [0.2, 0.25) is 0 Å². The van der Waals surface area contributed by atoms with Gasteiger partial charge in [-0.05, 0) is 24.5 Å². The molecule has 0 amide bonds. The van der Waals surface area contributed by atoms with E-state index in [1.54, 1.807) is 0 Å². The van der Waals surface area contributed by atoms with E-state index in [1.165, 1.54) is 0 Å². The summed E-state index contributed by atoms with van der Waals surface area (Å²) in [4.78, 5) is 4.39. The van der Waals surface area contributed by atoms with Crippen molar-refractivity contribution in [3.05, 3.63) is 41.0 Å². The Morgan fingerprint density at radius 3 is 2.61 bits per heavy atom. The first kappa shape index (κ1) is 15.2. The van der Waals surface area contributed by atoms with Gasteiger partial charge in [-0.3, -0.25) is 0 Å². The molecule has 0 bridgehead atoms. The monoisotopic (exact) mass is 284 g/mol. The number of nitrogens with zero attached hydrogens (tertiary/aromatic N) is 1. The highest BCUT2D eigenvalue weighted by atomic mass is 35.5. The Morgan fingerprint density at radius 1 is 1.28 bits per heavy atom. The van der Waals surface area contributed by atoms with E-state index in [0.717, 1.165) is 22.9 Å². The minimum Gasteiger partial charge on any atom is -0.324 e. The van der Waals surface area contributed by atoms with Crippen LogP contribution in [0.1, 0.15) is 31.9 Å². The molecule has 2 nitrogen and oxygen atoms in total. The molecule has 98 valence electrons. The van der Waals surface area contributed by atoms with Crippen molar-refractivity contribution in [3.63, 3.8) is 0 Å². The summed E-state index contributed by atoms with van der Waals surface area (Å²) in [6.45, 7) is 4.31. The van der Waals surface area contributed by atoms with Gasteiger partial charge in [-0.15, -0.1) is 12.4 Å². The molecule has 0 fully saturated rings. The molecule has 0 spiro atoms. The van der Waals surface area contributed by atoms with Gasteiger partial charge in [-0.1, -0.05) is 43.6 Å². The quantitative estimate of drug-likeness (QED) is 0.851. The maximum absolute atomic E-state index is 6.19. The number of pyridine rings is 1. The first-order valence-corrected chi connectivity index (χ1v) is 6.26. The number of aromatic nitrogens is 1. The highest BCUT2D eigenvalue weighted by Gasteiger charge is 2.13. The third kappa shape index (κ3) is 3.35. The number of rotatable bonds is 3. The summed E-state index contributed by atoms with van der Waals surface area (Å²) in [6, 6.07) is 9.95. The van der Waals surface area contributed by atoms with Crippen LogP contribution in [0, 0.1) is 5.92 Å². The summed E-state index contributed by atoms with van der Waals surface area (Å²) in [6.07, 6.45) is 0.916. The molecular formula is C14H18Cl2N2. The maximum atomic E-state index is 6.19. The van der Waals surface area contributed by atoms with Crippen LogP contribution in [0.4, 0.5) is 0 Å². The Kier molecular flexibility index (Phi) is 5.39. The Morgan fingerprint density at radius 2 is 1.94 bits per heavy atom. The number of hydrogen-bond donors (Lipinski definition) is 1. The predicted molar refractivity (Wildman–Crippen MR) is 80.4 cm³/mol. The fourth-order valence-corrected chi connectivity index (χ4v) is 2.29. The van der Waals surface area contributed by atoms with Crippen molar-refractivity contribution in [2.75, 3.05) is 0 Å². The van der Waals surface area contributed by atoms with Crippen LogP contribution >= 0.6 is 24.0 Å². The fourth-order valence-electron chi connectivity index (χ4n) is 2.00. The predicted octanol–water partition coefficient (Wildman–Crippen LogP) is 4.36. The SMILES string of the molecule is CC(C)C[C@@H](N)c1cc2ccccc2nc1Cl.Cl. The van der Waals surface area contributed by atoms with E-state index < -0.39 is 0 Å². The van der Waals surface area contributed by atoms with Crippen molar-refractivity contribution in [3.8, 4) is 0 Å². The van der Waals surface area contributed by atoms with Crippen molar-refractivity contribution < 1.29 is 0 Å². The Balaban J connectivity index is 0.00000162. The number of halogens is 2. The van der Waals surface area contributed by atoms with E-state index in [0.29, 0.717) is 11.1 Å². The summed E-state index contributed by atoms with van der Waals surface area (Å²) < 4.78 is 0. The highest BCUT2D eigenvalue weighted by Crippen LogP contribution is 2.27. The molecule has 0 aliphatic heterocycles. The van der Waals surface area contributed by atoms with Gasteiger partial charge in [-0.25, -0.2) is 4.98 Å². The second kappa shape index (κ2) is 6.37. The van der Waals surface area contributed by atoms with E-state index >= 15 is 0 Å². The lowest BCUT2D eigenvalue weighted by molar-refractivity contribution is 0.509. The molecule has 0 unspecified atom stereocenters. The van der Waals surface area contributed by atoms with Gasteiger partial charge < -0.3 is 5.73 Å². The summed E-state index contributed by atoms with van der Waals surface area (Å²) in [7, 11) is 0. The second-order valence-electron chi connectivity index (χ2n) is 4.80. The summed E-state index contributed by atoms with van der Waals surface area (Å²) in [5, 5.41) is 1.61. The molecule has 0 radical (unpaired) electrons. The molecule has 2 N–H and O–H groups in total. The lowest BCUT2D eigenvalue weighted by Crippen LogP contribution is -2.14. The minimum absolute atomic E-state index is 0. The number of fused-ring (bicyclic) bond motifs is 1. The van der Waals surface area contributed by atoms with Gasteiger partial charge in [0.05, 0.1) is 5.52 Å². The van der Waals surface area contributed by atoms with E-state index in [2.05, 4.69) is 24.9 Å². The minimum atomic E-state index is -0.0420. The normalized spacial score (nSPS) is 12.5. The van der Waals surface area contributed by atoms with Crippen LogP contribution in [0.15, 0.2) is 30.3 Å². The van der Waals surface area contributed by atoms with Gasteiger partial charge >= 0.3 is 0 Å². The zero-order valence-electron chi connectivity index (χ0n) is 10.6. The van der Waals surface area contributed by atoms with Gasteiger partial charge in [0.1, 0.15) is 5.15 Å². The maximum Gasteiger partial charge on any atom is 0.134 e. The van der Waals surface area contributed by atoms with Crippen molar-refractivity contribution in [1.29, 1.82) is 0 Å². The molecule has 1 heterocycles. The highest BCUT2D eigenvalue weighted by molar-refractivity contribution is 6.30. The summed E-state index contributed by atoms with van der Waals surface area (Å²) in [5.41, 5.74) is 8.02. The lowest BCUT2D eigenvalue weighted by atomic mass is 9.98. The standard InChI is InChI=1S/C14H17ClN2.ClH/c1-9(2)7-12(16)11-8-10-5-3-4-6-13(10)17-14(11)15;/h3-6,8-9,12H,7,16H2,1-2H3;1H/t12-;/m1./s1. The molecular weight excluding hydrogens is 267 g/mol. The average Bonchev–Trinajstić information content (AvgIpc) is 2.27. The molecule has 0 saturated carbocycles. The first-order valence-electron chi connectivity index (χ1n) is 5.88. The second-order valence-corrected chi connectivity index (χ2v) is 5.16. The van der Waals surface area contributed by atoms with Gasteiger partial charge in [0, 0.05) is 17.0 Å². The summed E-state index contributed by atoms with van der Waals surface area (Å²) in [5.74, 6) is 0.549. The molecule has 2 rings (SSSR count). The topological polar surface area (TPSA) is 38.9 Å². The van der Waals surface area contributed by atoms with E-state index in [1.807, 2.05) is 24.3 Å². The molecule has 18 heavy (non-hydrogen) atoms. The molecule has 0 aliphatic rings. The molecule has 1 atom stereocenters. The zero-order chi connectivity index (χ0) is 12.4. The largest absolute Gasteiger partial charge is 0.324 e. The van der Waals surface area contributed by atoms with Crippen LogP contribution in [-0.4, -0.2) is 4.98 Å². The third-order valence-electron chi connectivity index (χ3n) is 2.83. The Bertz CT molecular complexity index is 526. The van der Waals surface area contributed by atoms with Crippen molar-refractivity contribution in [2.24, 2.45) is 11.7 Å². The zero-order valence-corrected chi connectivity index (χ0v) is 12.1. The van der Waals surface area contributed by atoms with Gasteiger partial charge in [0.15, 0.2) is 0 Å². The van der Waals surface area contributed by atoms with E-state index in [-0.39, 0.29) is 18.4 Å². The van der Waals surface area contributed by atoms with Crippen LogP contribution in [0.5, 0.6) is 0 Å². The fraction of sp³-hybridized carbons (Fsp3) is 0.357. The van der Waals surface area contributed by atoms with Gasteiger partial charge in [0.25, 0.3) is 0 Å². The van der Waals surface area contributed by atoms with Crippen LogP contribution in [0.3, 0.4) is 0 Å². The molecule has 0 aliphatic carbocycles. The first-order chi connectivity index (χ1) is 8.08. The molecule has 4 heteroatoms. The number of para-hydroxylation sites is 1. The van der Waals surface area contributed by atoms with Crippen molar-refractivity contribution in [2.45, 2.75) is 26.3 Å². The molecule has 0 saturated heterocycles. The lowest BCUT2D eigenvalue weighted by Gasteiger charge is -2.16.